The summed E-state index contributed by atoms with van der Waals surface area (Å²) in [5.74, 6) is 0.702. The highest BCUT2D eigenvalue weighted by Gasteiger charge is 2.05. The maximum absolute atomic E-state index is 6.30. The first-order chi connectivity index (χ1) is 21.1. The summed E-state index contributed by atoms with van der Waals surface area (Å²) >= 11 is 6.30. The van der Waals surface area contributed by atoms with Gasteiger partial charge in [-0.05, 0) is 136 Å². The monoisotopic (exact) mass is 620 g/mol. The van der Waals surface area contributed by atoms with E-state index in [1.165, 1.54) is 59.1 Å². The van der Waals surface area contributed by atoms with Crippen molar-refractivity contribution < 1.29 is 4.74 Å². The Balaban J connectivity index is 2.16. The van der Waals surface area contributed by atoms with E-state index in [0.717, 1.165) is 76.6 Å². The highest BCUT2D eigenvalue weighted by molar-refractivity contribution is 6.22. The topological polar surface area (TPSA) is 9.23 Å². The van der Waals surface area contributed by atoms with Crippen LogP contribution in [0.1, 0.15) is 138 Å². The quantitative estimate of drug-likeness (QED) is 0.0634. The van der Waals surface area contributed by atoms with E-state index in [9.17, 15) is 0 Å². The molecule has 0 aliphatic carbocycles. The van der Waals surface area contributed by atoms with Gasteiger partial charge in [0.1, 0.15) is 0 Å². The van der Waals surface area contributed by atoms with Gasteiger partial charge in [-0.2, -0.15) is 0 Å². The number of rotatable bonds is 24. The Morgan fingerprint density at radius 3 is 1.52 bits per heavy atom. The predicted octanol–water partition coefficient (Wildman–Crippen LogP) is 13.8. The van der Waals surface area contributed by atoms with Crippen LogP contribution in [0.5, 0.6) is 0 Å². The maximum Gasteiger partial charge on any atom is 0.0716 e. The van der Waals surface area contributed by atoms with Crippen molar-refractivity contribution in [1.29, 1.82) is 0 Å². The van der Waals surface area contributed by atoms with Crippen molar-refractivity contribution >= 4 is 11.6 Å². The molecule has 0 saturated heterocycles. The first kappa shape index (κ1) is 39.9. The Labute approximate surface area is 278 Å². The molecule has 2 unspecified atom stereocenters. The summed E-state index contributed by atoms with van der Waals surface area (Å²) in [6, 6.07) is 10.4. The van der Waals surface area contributed by atoms with Crippen molar-refractivity contribution in [3.8, 4) is 0 Å². The second kappa shape index (κ2) is 25.1. The van der Waals surface area contributed by atoms with E-state index < -0.39 is 0 Å². The average Bonchev–Trinajstić information content (AvgIpc) is 2.98. The summed E-state index contributed by atoms with van der Waals surface area (Å²) in [5.41, 5.74) is 9.82. The number of benzene rings is 1. The van der Waals surface area contributed by atoms with Crippen LogP contribution in [0.15, 0.2) is 101 Å². The molecule has 0 N–H and O–H groups in total. The lowest BCUT2D eigenvalue weighted by molar-refractivity contribution is 0.108. The third-order valence-electron chi connectivity index (χ3n) is 8.47. The van der Waals surface area contributed by atoms with Gasteiger partial charge in [0.05, 0.1) is 12.0 Å². The molecule has 2 heteroatoms. The van der Waals surface area contributed by atoms with E-state index in [0.29, 0.717) is 5.92 Å². The van der Waals surface area contributed by atoms with E-state index in [1.54, 1.807) is 0 Å². The lowest BCUT2D eigenvalue weighted by Crippen LogP contribution is -2.02. The number of hydrogen-bond acceptors (Lipinski definition) is 1. The SMILES string of the molecule is C=C(C)C(Cl)CC/C(C)=C/CC/C(C)=C/CC/C(C)=C/CC/C(C)=C/CC/C(C)=C/CCC(C)CCOCc1ccccc1. The van der Waals surface area contributed by atoms with Gasteiger partial charge in [-0.3, -0.25) is 0 Å². The molecule has 0 bridgehead atoms. The summed E-state index contributed by atoms with van der Waals surface area (Å²) < 4.78 is 5.86. The molecule has 1 aromatic rings. The third kappa shape index (κ3) is 22.4. The van der Waals surface area contributed by atoms with Crippen LogP contribution < -0.4 is 0 Å². The standard InChI is InChI=1S/C42H65ClO/c1-34(2)42(43)30-29-39(7)25-15-23-37(5)21-13-19-35(3)17-12-18-36(4)20-14-22-38(6)24-16-26-40(8)31-32-44-33-41-27-10-9-11-28-41/h9-11,17,20-21,24-25,27-28,40,42H,1,12-16,18-19,22-23,26,29-33H2,2-8H3/b35-17+,36-20+,37-21+,38-24+,39-25+. The van der Waals surface area contributed by atoms with Crippen LogP contribution in [-0.2, 0) is 11.3 Å². The van der Waals surface area contributed by atoms with Crippen LogP contribution in [0.2, 0.25) is 0 Å². The van der Waals surface area contributed by atoms with Crippen molar-refractivity contribution in [1.82, 2.24) is 0 Å². The van der Waals surface area contributed by atoms with Crippen molar-refractivity contribution in [2.24, 2.45) is 5.92 Å². The van der Waals surface area contributed by atoms with Gasteiger partial charge in [-0.15, -0.1) is 11.6 Å². The van der Waals surface area contributed by atoms with E-state index in [4.69, 9.17) is 16.3 Å². The molecule has 0 aromatic heterocycles. The molecule has 0 amide bonds. The summed E-state index contributed by atoms with van der Waals surface area (Å²) in [4.78, 5) is 0. The minimum absolute atomic E-state index is 0.0973. The number of allylic oxidation sites excluding steroid dienone is 11. The van der Waals surface area contributed by atoms with Gasteiger partial charge in [0.25, 0.3) is 0 Å². The molecule has 0 saturated carbocycles. The molecule has 1 rings (SSSR count). The smallest absolute Gasteiger partial charge is 0.0716 e. The number of alkyl halides is 1. The van der Waals surface area contributed by atoms with Gasteiger partial charge >= 0.3 is 0 Å². The van der Waals surface area contributed by atoms with E-state index >= 15 is 0 Å². The van der Waals surface area contributed by atoms with Crippen molar-refractivity contribution in [3.05, 3.63) is 106 Å². The average molecular weight is 621 g/mol. The normalized spacial score (nSPS) is 15.0. The number of hydrogen-bond donors (Lipinski definition) is 0. The van der Waals surface area contributed by atoms with E-state index in [1.807, 2.05) is 13.0 Å². The minimum atomic E-state index is 0.0973. The van der Waals surface area contributed by atoms with Crippen LogP contribution in [0, 0.1) is 5.92 Å². The number of halogens is 1. The summed E-state index contributed by atoms with van der Waals surface area (Å²) in [6.07, 6.45) is 27.0. The number of ether oxygens (including phenoxy) is 1. The Morgan fingerprint density at radius 2 is 1.07 bits per heavy atom. The minimum Gasteiger partial charge on any atom is -0.377 e. The molecule has 0 fully saturated rings. The van der Waals surface area contributed by atoms with Crippen LogP contribution in [0.25, 0.3) is 0 Å². The van der Waals surface area contributed by atoms with Crippen LogP contribution in [0.4, 0.5) is 0 Å². The molecule has 1 aromatic carbocycles. The van der Waals surface area contributed by atoms with Gasteiger partial charge in [-0.1, -0.05) is 108 Å². The molecule has 0 radical (unpaired) electrons. The fourth-order valence-electron chi connectivity index (χ4n) is 5.10. The predicted molar refractivity (Wildman–Crippen MR) is 199 cm³/mol. The highest BCUT2D eigenvalue weighted by atomic mass is 35.5. The van der Waals surface area contributed by atoms with Gasteiger partial charge in [0.2, 0.25) is 0 Å². The summed E-state index contributed by atoms with van der Waals surface area (Å²) in [7, 11) is 0. The van der Waals surface area contributed by atoms with Crippen LogP contribution in [0.3, 0.4) is 0 Å². The van der Waals surface area contributed by atoms with Crippen LogP contribution >= 0.6 is 11.6 Å². The zero-order valence-corrected chi connectivity index (χ0v) is 30.3. The lowest BCUT2D eigenvalue weighted by Gasteiger charge is -2.11. The van der Waals surface area contributed by atoms with Crippen LogP contribution in [-0.4, -0.2) is 12.0 Å². The van der Waals surface area contributed by atoms with Gasteiger partial charge < -0.3 is 4.74 Å². The van der Waals surface area contributed by atoms with Crippen molar-refractivity contribution in [3.63, 3.8) is 0 Å². The summed E-state index contributed by atoms with van der Waals surface area (Å²) in [5, 5.41) is 0.0973. The second-order valence-corrected chi connectivity index (χ2v) is 13.8. The Hall–Kier alpha value is -2.09. The molecule has 2 atom stereocenters. The summed E-state index contributed by atoms with van der Waals surface area (Å²) in [6.45, 7) is 21.2. The third-order valence-corrected chi connectivity index (χ3v) is 9.06. The van der Waals surface area contributed by atoms with E-state index in [-0.39, 0.29) is 5.38 Å². The molecule has 0 aliphatic rings. The largest absolute Gasteiger partial charge is 0.377 e. The fraction of sp³-hybridized carbons (Fsp3) is 0.571. The molecule has 0 spiro atoms. The van der Waals surface area contributed by atoms with Gasteiger partial charge in [0, 0.05) is 6.61 Å². The Kier molecular flexibility index (Phi) is 22.8. The zero-order chi connectivity index (χ0) is 32.6. The van der Waals surface area contributed by atoms with E-state index in [2.05, 4.69) is 103 Å². The molecular weight excluding hydrogens is 556 g/mol. The fourth-order valence-corrected chi connectivity index (χ4v) is 5.21. The Morgan fingerprint density at radius 1 is 0.636 bits per heavy atom. The second-order valence-electron chi connectivity index (χ2n) is 13.3. The molecule has 44 heavy (non-hydrogen) atoms. The first-order valence-corrected chi connectivity index (χ1v) is 17.7. The molecule has 1 nitrogen and oxygen atoms in total. The molecular formula is C42H65ClO. The zero-order valence-electron chi connectivity index (χ0n) is 29.5. The van der Waals surface area contributed by atoms with Gasteiger partial charge in [-0.25, -0.2) is 0 Å². The lowest BCUT2D eigenvalue weighted by atomic mass is 10.00. The first-order valence-electron chi connectivity index (χ1n) is 17.3. The maximum atomic E-state index is 6.30. The van der Waals surface area contributed by atoms with Crippen molar-refractivity contribution in [2.45, 2.75) is 144 Å². The highest BCUT2D eigenvalue weighted by Crippen LogP contribution is 2.19. The van der Waals surface area contributed by atoms with Gasteiger partial charge in [0.15, 0.2) is 0 Å². The van der Waals surface area contributed by atoms with Crippen molar-refractivity contribution in [2.75, 3.05) is 6.61 Å². The molecule has 0 aliphatic heterocycles. The molecule has 0 heterocycles. The Bertz CT molecular complexity index is 1070. The molecule has 246 valence electrons.